The van der Waals surface area contributed by atoms with Crippen molar-refractivity contribution in [2.24, 2.45) is 0 Å². The number of benzene rings is 1. The number of halogens is 1. The Morgan fingerprint density at radius 2 is 1.64 bits per heavy atom. The number of alkyl halides is 1. The molecule has 1 aromatic carbocycles. The largest absolute Gasteiger partial charge is 0.0890 e. The van der Waals surface area contributed by atoms with Crippen LogP contribution in [0.4, 0.5) is 0 Å². The van der Waals surface area contributed by atoms with E-state index in [0.29, 0.717) is 4.83 Å². The first-order valence-corrected chi connectivity index (χ1v) is 6.04. The van der Waals surface area contributed by atoms with Gasteiger partial charge < -0.3 is 0 Å². The Kier molecular flexibility index (Phi) is 3.77. The molecule has 0 aliphatic heterocycles. The zero-order valence-corrected chi connectivity index (χ0v) is 11.1. The fourth-order valence-electron chi connectivity index (χ4n) is 1.47. The van der Waals surface area contributed by atoms with E-state index in [2.05, 4.69) is 67.9 Å². The summed E-state index contributed by atoms with van der Waals surface area (Å²) in [4.78, 5) is 0.558. The van der Waals surface area contributed by atoms with E-state index in [4.69, 9.17) is 0 Å². The van der Waals surface area contributed by atoms with Crippen molar-refractivity contribution in [2.45, 2.75) is 44.4 Å². The molecule has 0 radical (unpaired) electrons. The molecule has 0 amide bonds. The molecule has 0 saturated heterocycles. The Hall–Kier alpha value is -0.300. The van der Waals surface area contributed by atoms with Gasteiger partial charge in [0.1, 0.15) is 0 Å². The minimum absolute atomic E-state index is 0.262. The predicted molar refractivity (Wildman–Crippen MR) is 67.2 cm³/mol. The SMILES string of the molecule is CC(Br)Cc1ccc(C(C)(C)C)cc1. The van der Waals surface area contributed by atoms with E-state index in [1.165, 1.54) is 11.1 Å². The highest BCUT2D eigenvalue weighted by Crippen LogP contribution is 2.22. The van der Waals surface area contributed by atoms with Crippen molar-refractivity contribution in [1.29, 1.82) is 0 Å². The van der Waals surface area contributed by atoms with Gasteiger partial charge >= 0.3 is 0 Å². The third-order valence-corrected chi connectivity index (χ3v) is 2.66. The summed E-state index contributed by atoms with van der Waals surface area (Å²) in [6.45, 7) is 8.91. The van der Waals surface area contributed by atoms with Gasteiger partial charge in [-0.25, -0.2) is 0 Å². The summed E-state index contributed by atoms with van der Waals surface area (Å²) < 4.78 is 0. The molecule has 0 heterocycles. The Morgan fingerprint density at radius 3 is 2.00 bits per heavy atom. The van der Waals surface area contributed by atoms with E-state index >= 15 is 0 Å². The van der Waals surface area contributed by atoms with Gasteiger partial charge in [0.05, 0.1) is 0 Å². The van der Waals surface area contributed by atoms with Crippen molar-refractivity contribution in [3.05, 3.63) is 35.4 Å². The van der Waals surface area contributed by atoms with Crippen LogP contribution >= 0.6 is 15.9 Å². The zero-order chi connectivity index (χ0) is 10.8. The van der Waals surface area contributed by atoms with Gasteiger partial charge in [-0.2, -0.15) is 0 Å². The van der Waals surface area contributed by atoms with E-state index < -0.39 is 0 Å². The van der Waals surface area contributed by atoms with Gasteiger partial charge in [0.15, 0.2) is 0 Å². The highest BCUT2D eigenvalue weighted by Gasteiger charge is 2.12. The Labute approximate surface area is 95.9 Å². The van der Waals surface area contributed by atoms with E-state index in [1.807, 2.05) is 0 Å². The maximum Gasteiger partial charge on any atom is 0.0157 e. The topological polar surface area (TPSA) is 0 Å². The summed E-state index contributed by atoms with van der Waals surface area (Å²) in [6, 6.07) is 8.95. The molecule has 78 valence electrons. The second-order valence-electron chi connectivity index (χ2n) is 4.93. The van der Waals surface area contributed by atoms with Crippen molar-refractivity contribution in [3.63, 3.8) is 0 Å². The van der Waals surface area contributed by atoms with Gasteiger partial charge in [-0.05, 0) is 23.0 Å². The fraction of sp³-hybridized carbons (Fsp3) is 0.538. The second-order valence-corrected chi connectivity index (χ2v) is 6.49. The molecule has 1 rings (SSSR count). The van der Waals surface area contributed by atoms with Crippen LogP contribution in [0.3, 0.4) is 0 Å². The molecule has 14 heavy (non-hydrogen) atoms. The van der Waals surface area contributed by atoms with Gasteiger partial charge in [0, 0.05) is 4.83 Å². The van der Waals surface area contributed by atoms with Crippen LogP contribution in [0.25, 0.3) is 0 Å². The minimum Gasteiger partial charge on any atom is -0.0890 e. The van der Waals surface area contributed by atoms with E-state index in [1.54, 1.807) is 0 Å². The molecular weight excluding hydrogens is 236 g/mol. The fourth-order valence-corrected chi connectivity index (χ4v) is 1.84. The maximum absolute atomic E-state index is 3.57. The molecule has 0 aromatic heterocycles. The molecule has 0 aliphatic rings. The molecular formula is C13H19Br. The van der Waals surface area contributed by atoms with Crippen LogP contribution in [0, 0.1) is 0 Å². The normalized spacial score (nSPS) is 14.1. The van der Waals surface area contributed by atoms with Crippen LogP contribution in [-0.4, -0.2) is 4.83 Å². The molecule has 1 heteroatoms. The highest BCUT2D eigenvalue weighted by molar-refractivity contribution is 9.09. The summed E-state index contributed by atoms with van der Waals surface area (Å²) >= 11 is 3.57. The van der Waals surface area contributed by atoms with Gasteiger partial charge in [0.25, 0.3) is 0 Å². The summed E-state index contributed by atoms with van der Waals surface area (Å²) in [5.41, 5.74) is 3.07. The molecule has 1 aromatic rings. The number of rotatable bonds is 2. The molecule has 0 nitrogen and oxygen atoms in total. The summed E-state index contributed by atoms with van der Waals surface area (Å²) in [7, 11) is 0. The number of hydrogen-bond acceptors (Lipinski definition) is 0. The lowest BCUT2D eigenvalue weighted by atomic mass is 9.86. The molecule has 1 unspecified atom stereocenters. The van der Waals surface area contributed by atoms with Crippen molar-refractivity contribution in [3.8, 4) is 0 Å². The van der Waals surface area contributed by atoms with Crippen LogP contribution in [0.1, 0.15) is 38.8 Å². The smallest absolute Gasteiger partial charge is 0.0157 e. The third-order valence-electron chi connectivity index (χ3n) is 2.34. The highest BCUT2D eigenvalue weighted by atomic mass is 79.9. The van der Waals surface area contributed by atoms with Gasteiger partial charge in [-0.15, -0.1) is 0 Å². The van der Waals surface area contributed by atoms with Gasteiger partial charge in [0.2, 0.25) is 0 Å². The van der Waals surface area contributed by atoms with Crippen molar-refractivity contribution < 1.29 is 0 Å². The molecule has 0 fully saturated rings. The molecule has 0 aliphatic carbocycles. The molecule has 1 atom stereocenters. The lowest BCUT2D eigenvalue weighted by Crippen LogP contribution is -2.10. The lowest BCUT2D eigenvalue weighted by molar-refractivity contribution is 0.590. The average Bonchev–Trinajstić information content (AvgIpc) is 2.02. The molecule has 0 bridgehead atoms. The minimum atomic E-state index is 0.262. The lowest BCUT2D eigenvalue weighted by Gasteiger charge is -2.19. The van der Waals surface area contributed by atoms with E-state index in [-0.39, 0.29) is 5.41 Å². The van der Waals surface area contributed by atoms with Crippen LogP contribution in [0.5, 0.6) is 0 Å². The maximum atomic E-state index is 3.57. The summed E-state index contributed by atoms with van der Waals surface area (Å²) in [5.74, 6) is 0. The molecule has 0 saturated carbocycles. The summed E-state index contributed by atoms with van der Waals surface area (Å²) in [5, 5.41) is 0. The van der Waals surface area contributed by atoms with Crippen LogP contribution in [0.15, 0.2) is 24.3 Å². The van der Waals surface area contributed by atoms with E-state index in [9.17, 15) is 0 Å². The Balaban J connectivity index is 2.79. The van der Waals surface area contributed by atoms with Crippen LogP contribution in [-0.2, 0) is 11.8 Å². The first-order chi connectivity index (χ1) is 6.39. The number of hydrogen-bond donors (Lipinski definition) is 0. The quantitative estimate of drug-likeness (QED) is 0.691. The van der Waals surface area contributed by atoms with Crippen LogP contribution < -0.4 is 0 Å². The average molecular weight is 255 g/mol. The predicted octanol–water partition coefficient (Wildman–Crippen LogP) is 4.31. The zero-order valence-electron chi connectivity index (χ0n) is 9.47. The molecule has 0 N–H and O–H groups in total. The first kappa shape index (κ1) is 11.8. The monoisotopic (exact) mass is 254 g/mol. The van der Waals surface area contributed by atoms with Crippen molar-refractivity contribution in [2.75, 3.05) is 0 Å². The molecule has 0 spiro atoms. The Bertz CT molecular complexity index is 277. The van der Waals surface area contributed by atoms with Gasteiger partial charge in [-0.3, -0.25) is 0 Å². The summed E-state index contributed by atoms with van der Waals surface area (Å²) in [6.07, 6.45) is 1.10. The second kappa shape index (κ2) is 4.48. The third kappa shape index (κ3) is 3.45. The standard InChI is InChI=1S/C13H19Br/c1-10(14)9-11-5-7-12(8-6-11)13(2,3)4/h5-8,10H,9H2,1-4H3. The van der Waals surface area contributed by atoms with E-state index in [0.717, 1.165) is 6.42 Å². The van der Waals surface area contributed by atoms with Gasteiger partial charge in [-0.1, -0.05) is 67.9 Å². The van der Waals surface area contributed by atoms with Crippen molar-refractivity contribution >= 4 is 15.9 Å². The Morgan fingerprint density at radius 1 is 1.14 bits per heavy atom. The van der Waals surface area contributed by atoms with Crippen LogP contribution in [0.2, 0.25) is 0 Å². The first-order valence-electron chi connectivity index (χ1n) is 5.13. The van der Waals surface area contributed by atoms with Crippen molar-refractivity contribution in [1.82, 2.24) is 0 Å².